The van der Waals surface area contributed by atoms with Crippen LogP contribution in [0, 0.1) is 0 Å². The summed E-state index contributed by atoms with van der Waals surface area (Å²) in [5.41, 5.74) is 5.80. The van der Waals surface area contributed by atoms with Crippen molar-refractivity contribution in [2.75, 3.05) is 31.4 Å². The van der Waals surface area contributed by atoms with Crippen LogP contribution in [0.2, 0.25) is 0 Å². The van der Waals surface area contributed by atoms with Gasteiger partial charge in [-0.2, -0.15) is 0 Å². The predicted molar refractivity (Wildman–Crippen MR) is 96.3 cm³/mol. The number of nitrogens with one attached hydrogen (secondary N) is 1. The molecule has 4 rings (SSSR count). The number of nitrogen functional groups attached to an aromatic ring is 1. The average Bonchev–Trinajstić information content (AvgIpc) is 3.17. The molecule has 9 heteroatoms. The number of hydrogen-bond acceptors (Lipinski definition) is 6. The topological polar surface area (TPSA) is 114 Å². The Morgan fingerprint density at radius 2 is 1.85 bits per heavy atom. The van der Waals surface area contributed by atoms with Crippen LogP contribution >= 0.6 is 0 Å². The highest BCUT2D eigenvalue weighted by atomic mass is 16.7. The maximum atomic E-state index is 12.9. The summed E-state index contributed by atoms with van der Waals surface area (Å²) in [5, 5.41) is 2.65. The van der Waals surface area contributed by atoms with Crippen LogP contribution in [0.1, 0.15) is 32.1 Å². The molecule has 2 aliphatic heterocycles. The molecular formula is C18H22N4O5. The molecule has 1 aromatic carbocycles. The number of hydrogen-bond donors (Lipinski definition) is 2. The van der Waals surface area contributed by atoms with Crippen molar-refractivity contribution in [3.05, 3.63) is 12.1 Å². The Morgan fingerprint density at radius 3 is 2.56 bits per heavy atom. The zero-order valence-electron chi connectivity index (χ0n) is 15.1. The lowest BCUT2D eigenvalue weighted by atomic mass is 9.81. The second kappa shape index (κ2) is 6.33. The van der Waals surface area contributed by atoms with Crippen molar-refractivity contribution in [2.45, 2.75) is 37.6 Å². The quantitative estimate of drug-likeness (QED) is 0.613. The minimum Gasteiger partial charge on any atom is -0.454 e. The molecule has 2 fully saturated rings. The molecule has 0 bridgehead atoms. The van der Waals surface area contributed by atoms with Gasteiger partial charge in [0.05, 0.1) is 11.4 Å². The van der Waals surface area contributed by atoms with Crippen LogP contribution in [0.4, 0.5) is 16.2 Å². The van der Waals surface area contributed by atoms with E-state index in [2.05, 4.69) is 5.32 Å². The van der Waals surface area contributed by atoms with Gasteiger partial charge in [-0.25, -0.2) is 4.79 Å². The third-order valence-corrected chi connectivity index (χ3v) is 5.60. The predicted octanol–water partition coefficient (Wildman–Crippen LogP) is 1.53. The third-order valence-electron chi connectivity index (χ3n) is 5.60. The average molecular weight is 374 g/mol. The first kappa shape index (κ1) is 17.4. The van der Waals surface area contributed by atoms with Gasteiger partial charge in [0.1, 0.15) is 12.1 Å². The van der Waals surface area contributed by atoms with Crippen molar-refractivity contribution < 1.29 is 23.9 Å². The van der Waals surface area contributed by atoms with Gasteiger partial charge in [-0.3, -0.25) is 14.5 Å². The normalized spacial score (nSPS) is 20.5. The fourth-order valence-electron chi connectivity index (χ4n) is 4.07. The lowest BCUT2D eigenvalue weighted by molar-refractivity contribution is -0.136. The first-order valence-corrected chi connectivity index (χ1v) is 9.01. The van der Waals surface area contributed by atoms with Gasteiger partial charge in [-0.1, -0.05) is 19.3 Å². The fraction of sp³-hybridized carbons (Fsp3) is 0.500. The summed E-state index contributed by atoms with van der Waals surface area (Å²) >= 11 is 0. The van der Waals surface area contributed by atoms with Gasteiger partial charge >= 0.3 is 6.03 Å². The Morgan fingerprint density at radius 1 is 1.19 bits per heavy atom. The number of nitrogens with zero attached hydrogens (tertiary/aromatic N) is 2. The Labute approximate surface area is 156 Å². The minimum absolute atomic E-state index is 0.0946. The number of carbonyl (C=O) groups excluding carboxylic acids is 3. The molecule has 1 saturated carbocycles. The molecule has 2 heterocycles. The van der Waals surface area contributed by atoms with Crippen molar-refractivity contribution in [2.24, 2.45) is 0 Å². The van der Waals surface area contributed by atoms with Crippen molar-refractivity contribution in [1.29, 1.82) is 0 Å². The maximum Gasteiger partial charge on any atom is 0.327 e. The Hall–Kier alpha value is -2.97. The number of amides is 4. The Balaban J connectivity index is 1.48. The molecule has 144 valence electrons. The van der Waals surface area contributed by atoms with Crippen molar-refractivity contribution in [3.8, 4) is 11.5 Å². The molecule has 4 amide bonds. The molecule has 0 atom stereocenters. The molecular weight excluding hydrogens is 352 g/mol. The van der Waals surface area contributed by atoms with Crippen molar-refractivity contribution in [3.63, 3.8) is 0 Å². The first-order chi connectivity index (χ1) is 12.9. The van der Waals surface area contributed by atoms with Crippen LogP contribution in [-0.2, 0) is 9.59 Å². The summed E-state index contributed by atoms with van der Waals surface area (Å²) in [7, 11) is 1.64. The molecule has 1 aromatic rings. The highest BCUT2D eigenvalue weighted by molar-refractivity contribution is 6.10. The zero-order chi connectivity index (χ0) is 19.2. The van der Waals surface area contributed by atoms with Gasteiger partial charge in [0, 0.05) is 19.2 Å². The van der Waals surface area contributed by atoms with E-state index in [-0.39, 0.29) is 19.2 Å². The number of anilines is 2. The van der Waals surface area contributed by atoms with E-state index in [1.807, 2.05) is 0 Å². The SMILES string of the molecule is CN1C(=O)N(CC(=O)Nc2cc3c(cc2N)OCO3)C(=O)C12CCCCC2. The number of nitrogens with two attached hydrogens (primary N) is 1. The lowest BCUT2D eigenvalue weighted by Crippen LogP contribution is -2.49. The van der Waals surface area contributed by atoms with Gasteiger partial charge in [0.15, 0.2) is 11.5 Å². The number of ether oxygens (including phenoxy) is 2. The highest BCUT2D eigenvalue weighted by Gasteiger charge is 2.55. The number of carbonyl (C=O) groups is 3. The smallest absolute Gasteiger partial charge is 0.327 e. The first-order valence-electron chi connectivity index (χ1n) is 9.01. The van der Waals surface area contributed by atoms with E-state index in [9.17, 15) is 14.4 Å². The number of benzene rings is 1. The number of fused-ring (bicyclic) bond motifs is 1. The summed E-state index contributed by atoms with van der Waals surface area (Å²) in [5.74, 6) is 0.206. The van der Waals surface area contributed by atoms with Crippen LogP contribution in [0.15, 0.2) is 12.1 Å². The van der Waals surface area contributed by atoms with E-state index in [1.165, 1.54) is 4.90 Å². The molecule has 3 N–H and O–H groups in total. The van der Waals surface area contributed by atoms with E-state index < -0.39 is 17.5 Å². The molecule has 9 nitrogen and oxygen atoms in total. The van der Waals surface area contributed by atoms with Crippen LogP contribution in [0.25, 0.3) is 0 Å². The molecule has 3 aliphatic rings. The second-order valence-electron chi connectivity index (χ2n) is 7.17. The van der Waals surface area contributed by atoms with E-state index in [0.717, 1.165) is 24.2 Å². The maximum absolute atomic E-state index is 12.9. The van der Waals surface area contributed by atoms with Gasteiger partial charge in [-0.15, -0.1) is 0 Å². The minimum atomic E-state index is -0.798. The fourth-order valence-corrected chi connectivity index (χ4v) is 4.07. The molecule has 1 spiro atoms. The molecule has 27 heavy (non-hydrogen) atoms. The molecule has 0 aromatic heterocycles. The lowest BCUT2D eigenvalue weighted by Gasteiger charge is -2.35. The Bertz CT molecular complexity index is 818. The number of rotatable bonds is 3. The summed E-state index contributed by atoms with van der Waals surface area (Å²) in [4.78, 5) is 40.5. The Kier molecular flexibility index (Phi) is 4.09. The van der Waals surface area contributed by atoms with Crippen molar-refractivity contribution >= 4 is 29.2 Å². The summed E-state index contributed by atoms with van der Waals surface area (Å²) in [6.07, 6.45) is 4.14. The van der Waals surface area contributed by atoms with Gasteiger partial charge in [0.2, 0.25) is 12.7 Å². The largest absolute Gasteiger partial charge is 0.454 e. The van der Waals surface area contributed by atoms with Crippen LogP contribution in [-0.4, -0.2) is 53.6 Å². The number of imide groups is 1. The monoisotopic (exact) mass is 374 g/mol. The van der Waals surface area contributed by atoms with Crippen LogP contribution in [0.3, 0.4) is 0 Å². The number of urea groups is 1. The van der Waals surface area contributed by atoms with Gasteiger partial charge in [0.25, 0.3) is 5.91 Å². The van der Waals surface area contributed by atoms with E-state index in [1.54, 1.807) is 19.2 Å². The van der Waals surface area contributed by atoms with Gasteiger partial charge < -0.3 is 25.4 Å². The highest BCUT2D eigenvalue weighted by Crippen LogP contribution is 2.40. The van der Waals surface area contributed by atoms with E-state index >= 15 is 0 Å². The molecule has 0 unspecified atom stereocenters. The van der Waals surface area contributed by atoms with Crippen LogP contribution in [0.5, 0.6) is 11.5 Å². The van der Waals surface area contributed by atoms with Crippen molar-refractivity contribution in [1.82, 2.24) is 9.80 Å². The molecule has 1 aliphatic carbocycles. The summed E-state index contributed by atoms with van der Waals surface area (Å²) < 4.78 is 10.5. The summed E-state index contributed by atoms with van der Waals surface area (Å²) in [6.45, 7) is -0.255. The standard InChI is InChI=1S/C18H22N4O5/c1-21-17(25)22(16(24)18(21)5-3-2-4-6-18)9-15(23)20-12-8-14-13(7-11(12)19)26-10-27-14/h7-8H,2-6,9-10,19H2,1H3,(H,20,23). The molecule has 1 saturated heterocycles. The van der Waals surface area contributed by atoms with E-state index in [0.29, 0.717) is 35.7 Å². The second-order valence-corrected chi connectivity index (χ2v) is 7.17. The van der Waals surface area contributed by atoms with Gasteiger partial charge in [-0.05, 0) is 12.8 Å². The van der Waals surface area contributed by atoms with E-state index in [4.69, 9.17) is 15.2 Å². The van der Waals surface area contributed by atoms with Crippen LogP contribution < -0.4 is 20.5 Å². The third kappa shape index (κ3) is 2.73. The number of likely N-dealkylation sites (N-methyl/N-ethyl adjacent to an activating group) is 1. The summed E-state index contributed by atoms with van der Waals surface area (Å²) in [6, 6.07) is 2.70. The molecule has 0 radical (unpaired) electrons. The zero-order valence-corrected chi connectivity index (χ0v) is 15.1.